The van der Waals surface area contributed by atoms with E-state index in [1.807, 2.05) is 6.92 Å². The van der Waals surface area contributed by atoms with Crippen molar-refractivity contribution in [2.75, 3.05) is 20.2 Å². The Labute approximate surface area is 156 Å². The Balaban J connectivity index is 2.23. The van der Waals surface area contributed by atoms with Gasteiger partial charge >= 0.3 is 5.97 Å². The Hall–Kier alpha value is -2.22. The first-order chi connectivity index (χ1) is 12.5. The Morgan fingerprint density at radius 1 is 1.27 bits per heavy atom. The van der Waals surface area contributed by atoms with Crippen LogP contribution < -0.4 is 5.56 Å². The van der Waals surface area contributed by atoms with Gasteiger partial charge in [-0.2, -0.15) is 0 Å². The minimum atomic E-state index is -0.521. The molecular weight excluding hydrogens is 354 g/mol. The predicted molar refractivity (Wildman–Crippen MR) is 102 cm³/mol. The van der Waals surface area contributed by atoms with Gasteiger partial charge in [0.2, 0.25) is 5.91 Å². The summed E-state index contributed by atoms with van der Waals surface area (Å²) in [6.45, 7) is 4.93. The first-order valence-electron chi connectivity index (χ1n) is 8.87. The molecule has 2 aromatic rings. The molecule has 7 nitrogen and oxygen atoms in total. The molecule has 26 heavy (non-hydrogen) atoms. The molecule has 0 fully saturated rings. The lowest BCUT2D eigenvalue weighted by Gasteiger charge is -2.17. The van der Waals surface area contributed by atoms with E-state index in [1.165, 1.54) is 22.2 Å². The minimum Gasteiger partial charge on any atom is -0.462 e. The first kappa shape index (κ1) is 20.1. The Morgan fingerprint density at radius 2 is 2.00 bits per heavy atom. The zero-order chi connectivity index (χ0) is 19.1. The van der Waals surface area contributed by atoms with Gasteiger partial charge in [0, 0.05) is 19.0 Å². The predicted octanol–water partition coefficient (Wildman–Crippen LogP) is 2.67. The summed E-state index contributed by atoms with van der Waals surface area (Å²) in [5.74, 6) is -0.684. The third-order valence-corrected chi connectivity index (χ3v) is 4.98. The van der Waals surface area contributed by atoms with E-state index in [0.29, 0.717) is 18.0 Å². The van der Waals surface area contributed by atoms with Gasteiger partial charge in [0.05, 0.1) is 23.9 Å². The van der Waals surface area contributed by atoms with Crippen molar-refractivity contribution in [2.24, 2.45) is 0 Å². The SMILES string of the molecule is CCCCOC(=O)c1csc2ncn(CC(=O)N(C)CCCC)c(=O)c12. The molecule has 0 aliphatic carbocycles. The average molecular weight is 379 g/mol. The highest BCUT2D eigenvalue weighted by Gasteiger charge is 2.20. The summed E-state index contributed by atoms with van der Waals surface area (Å²) in [7, 11) is 1.72. The molecule has 0 radical (unpaired) electrons. The quantitative estimate of drug-likeness (QED) is 0.494. The van der Waals surface area contributed by atoms with Crippen molar-refractivity contribution in [3.05, 3.63) is 27.6 Å². The highest BCUT2D eigenvalue weighted by Crippen LogP contribution is 2.21. The molecule has 0 aliphatic heterocycles. The fourth-order valence-corrected chi connectivity index (χ4v) is 3.27. The van der Waals surface area contributed by atoms with E-state index in [-0.39, 0.29) is 23.4 Å². The number of amides is 1. The third-order valence-electron chi connectivity index (χ3n) is 4.09. The minimum absolute atomic E-state index is 0.0951. The van der Waals surface area contributed by atoms with Crippen molar-refractivity contribution >= 4 is 33.4 Å². The molecule has 0 spiro atoms. The van der Waals surface area contributed by atoms with Gasteiger partial charge in [-0.25, -0.2) is 9.78 Å². The number of rotatable bonds is 9. The number of carbonyl (C=O) groups excluding carboxylic acids is 2. The van der Waals surface area contributed by atoms with E-state index < -0.39 is 11.5 Å². The van der Waals surface area contributed by atoms with E-state index in [0.717, 1.165) is 25.7 Å². The van der Waals surface area contributed by atoms with Gasteiger partial charge in [-0.3, -0.25) is 14.2 Å². The molecule has 0 unspecified atom stereocenters. The van der Waals surface area contributed by atoms with Gasteiger partial charge in [0.25, 0.3) is 5.56 Å². The zero-order valence-electron chi connectivity index (χ0n) is 15.5. The molecule has 0 saturated heterocycles. The average Bonchev–Trinajstić information content (AvgIpc) is 3.07. The lowest BCUT2D eigenvalue weighted by molar-refractivity contribution is -0.130. The van der Waals surface area contributed by atoms with Gasteiger partial charge in [-0.1, -0.05) is 26.7 Å². The number of nitrogens with zero attached hydrogens (tertiary/aromatic N) is 3. The summed E-state index contributed by atoms with van der Waals surface area (Å²) in [4.78, 5) is 43.6. The number of hydrogen-bond donors (Lipinski definition) is 0. The molecule has 2 rings (SSSR count). The zero-order valence-corrected chi connectivity index (χ0v) is 16.3. The highest BCUT2D eigenvalue weighted by molar-refractivity contribution is 7.17. The van der Waals surface area contributed by atoms with Crippen molar-refractivity contribution in [1.29, 1.82) is 0 Å². The number of esters is 1. The summed E-state index contributed by atoms with van der Waals surface area (Å²) >= 11 is 1.22. The van der Waals surface area contributed by atoms with Gasteiger partial charge in [-0.15, -0.1) is 11.3 Å². The maximum absolute atomic E-state index is 12.8. The number of ether oxygens (including phenoxy) is 1. The van der Waals surface area contributed by atoms with E-state index >= 15 is 0 Å². The van der Waals surface area contributed by atoms with Crippen molar-refractivity contribution in [2.45, 2.75) is 46.1 Å². The van der Waals surface area contributed by atoms with Crippen molar-refractivity contribution in [3.63, 3.8) is 0 Å². The summed E-state index contributed by atoms with van der Waals surface area (Å²) in [6, 6.07) is 0. The molecule has 8 heteroatoms. The molecule has 0 bridgehead atoms. The molecule has 1 amide bonds. The van der Waals surface area contributed by atoms with Crippen LogP contribution >= 0.6 is 11.3 Å². The number of likely N-dealkylation sites (N-methyl/N-ethyl adjacent to an activating group) is 1. The second-order valence-electron chi connectivity index (χ2n) is 6.17. The number of carbonyl (C=O) groups is 2. The summed E-state index contributed by atoms with van der Waals surface area (Å²) in [5, 5.41) is 1.82. The largest absolute Gasteiger partial charge is 0.462 e. The molecule has 0 N–H and O–H groups in total. The van der Waals surface area contributed by atoms with Crippen LogP contribution in [0.2, 0.25) is 0 Å². The first-order valence-corrected chi connectivity index (χ1v) is 9.75. The van der Waals surface area contributed by atoms with Crippen molar-refractivity contribution in [3.8, 4) is 0 Å². The molecule has 2 heterocycles. The Morgan fingerprint density at radius 3 is 2.69 bits per heavy atom. The van der Waals surface area contributed by atoms with Crippen LogP contribution in [0.15, 0.2) is 16.5 Å². The maximum Gasteiger partial charge on any atom is 0.339 e. The van der Waals surface area contributed by atoms with Crippen molar-refractivity contribution < 1.29 is 14.3 Å². The molecule has 0 saturated carbocycles. The lowest BCUT2D eigenvalue weighted by Crippen LogP contribution is -2.34. The summed E-state index contributed by atoms with van der Waals surface area (Å²) in [6.07, 6.45) is 4.95. The maximum atomic E-state index is 12.8. The molecule has 0 aliphatic rings. The van der Waals surface area contributed by atoms with Crippen LogP contribution in [0.4, 0.5) is 0 Å². The van der Waals surface area contributed by atoms with Crippen LogP contribution in [0.1, 0.15) is 49.9 Å². The third kappa shape index (κ3) is 4.69. The number of thiophene rings is 1. The topological polar surface area (TPSA) is 81.5 Å². The number of unbranched alkanes of at least 4 members (excludes halogenated alkanes) is 2. The molecule has 0 aromatic carbocycles. The number of aromatic nitrogens is 2. The van der Waals surface area contributed by atoms with Gasteiger partial charge < -0.3 is 9.64 Å². The van der Waals surface area contributed by atoms with E-state index in [1.54, 1.807) is 17.3 Å². The molecule has 0 atom stereocenters. The highest BCUT2D eigenvalue weighted by atomic mass is 32.1. The monoisotopic (exact) mass is 379 g/mol. The lowest BCUT2D eigenvalue weighted by atomic mass is 10.2. The molecule has 2 aromatic heterocycles. The molecular formula is C18H25N3O4S. The number of fused-ring (bicyclic) bond motifs is 1. The Bertz CT molecular complexity index is 827. The van der Waals surface area contributed by atoms with Crippen LogP contribution in [0.5, 0.6) is 0 Å². The molecule has 142 valence electrons. The van der Waals surface area contributed by atoms with E-state index in [4.69, 9.17) is 4.74 Å². The summed E-state index contributed by atoms with van der Waals surface area (Å²) < 4.78 is 6.46. The second-order valence-corrected chi connectivity index (χ2v) is 7.02. The van der Waals surface area contributed by atoms with Gasteiger partial charge in [0.1, 0.15) is 11.4 Å². The van der Waals surface area contributed by atoms with Gasteiger partial charge in [-0.05, 0) is 12.8 Å². The fourth-order valence-electron chi connectivity index (χ4n) is 2.40. The fraction of sp³-hybridized carbons (Fsp3) is 0.556. The normalized spacial score (nSPS) is 10.9. The van der Waals surface area contributed by atoms with Crippen LogP contribution in [0, 0.1) is 0 Å². The smallest absolute Gasteiger partial charge is 0.339 e. The second kappa shape index (κ2) is 9.47. The van der Waals surface area contributed by atoms with Crippen LogP contribution in [-0.2, 0) is 16.1 Å². The van der Waals surface area contributed by atoms with Crippen LogP contribution in [-0.4, -0.2) is 46.5 Å². The van der Waals surface area contributed by atoms with Crippen LogP contribution in [0.25, 0.3) is 10.2 Å². The van der Waals surface area contributed by atoms with E-state index in [2.05, 4.69) is 11.9 Å². The van der Waals surface area contributed by atoms with Crippen molar-refractivity contribution in [1.82, 2.24) is 14.5 Å². The standard InChI is InChI=1S/C18H25N3O4S/c1-4-6-8-20(3)14(22)10-21-12-19-16-15(17(21)23)13(11-26-16)18(24)25-9-7-5-2/h11-12H,4-10H2,1-3H3. The summed E-state index contributed by atoms with van der Waals surface area (Å²) in [5.41, 5.74) is -0.171. The Kier molecular flexibility index (Phi) is 7.32. The van der Waals surface area contributed by atoms with Crippen LogP contribution in [0.3, 0.4) is 0 Å². The van der Waals surface area contributed by atoms with Gasteiger partial charge in [0.15, 0.2) is 0 Å². The number of hydrogen-bond acceptors (Lipinski definition) is 6. The van der Waals surface area contributed by atoms with E-state index in [9.17, 15) is 14.4 Å².